The van der Waals surface area contributed by atoms with Crippen LogP contribution in [0.4, 0.5) is 0 Å². The number of hydrogen-bond acceptors (Lipinski definition) is 2. The van der Waals surface area contributed by atoms with Crippen LogP contribution in [0.25, 0.3) is 0 Å². The van der Waals surface area contributed by atoms with Crippen LogP contribution in [0.3, 0.4) is 0 Å². The zero-order valence-corrected chi connectivity index (χ0v) is 11.8. The molecule has 2 rings (SSSR count). The molecule has 4 nitrogen and oxygen atoms in total. The molecule has 1 heterocycles. The monoisotopic (exact) mass is 277 g/mol. The normalized spacial score (nSPS) is 10.5. The molecule has 0 radical (unpaired) electrons. The molecule has 0 N–H and O–H groups in total. The van der Waals surface area contributed by atoms with E-state index in [0.29, 0.717) is 17.1 Å². The molecule has 0 saturated carbocycles. The zero-order valence-electron chi connectivity index (χ0n) is 11.0. The number of aryl methyl sites for hydroxylation is 1. The number of hydrogen-bond donors (Lipinski definition) is 0. The Balaban J connectivity index is 2.14. The maximum Gasteiger partial charge on any atom is 0.255 e. The second-order valence-electron chi connectivity index (χ2n) is 4.28. The first kappa shape index (κ1) is 13.6. The maximum atomic E-state index is 12.3. The van der Waals surface area contributed by atoms with Crippen LogP contribution in [0, 0.1) is 0 Å². The van der Waals surface area contributed by atoms with Crippen LogP contribution in [0.15, 0.2) is 36.5 Å². The van der Waals surface area contributed by atoms with Gasteiger partial charge >= 0.3 is 0 Å². The molecule has 0 atom stereocenters. The summed E-state index contributed by atoms with van der Waals surface area (Å²) in [5, 5.41) is 4.67. The Morgan fingerprint density at radius 1 is 1.37 bits per heavy atom. The van der Waals surface area contributed by atoms with Crippen LogP contribution in [-0.4, -0.2) is 27.6 Å². The van der Waals surface area contributed by atoms with Gasteiger partial charge in [-0.05, 0) is 25.1 Å². The number of carbonyl (C=O) groups excluding carboxylic acids is 1. The van der Waals surface area contributed by atoms with Gasteiger partial charge in [-0.25, -0.2) is 0 Å². The highest BCUT2D eigenvalue weighted by molar-refractivity contribution is 6.33. The molecule has 1 aromatic carbocycles. The number of carbonyl (C=O) groups is 1. The van der Waals surface area contributed by atoms with Crippen molar-refractivity contribution in [1.29, 1.82) is 0 Å². The first-order valence-electron chi connectivity index (χ1n) is 6.14. The Morgan fingerprint density at radius 2 is 2.11 bits per heavy atom. The Kier molecular flexibility index (Phi) is 4.22. The lowest BCUT2D eigenvalue weighted by Crippen LogP contribution is -2.27. The van der Waals surface area contributed by atoms with Crippen molar-refractivity contribution < 1.29 is 4.79 Å². The molecule has 1 amide bonds. The topological polar surface area (TPSA) is 38.1 Å². The fourth-order valence-electron chi connectivity index (χ4n) is 1.93. The van der Waals surface area contributed by atoms with Gasteiger partial charge in [0.25, 0.3) is 5.91 Å². The van der Waals surface area contributed by atoms with Crippen LogP contribution in [0.2, 0.25) is 5.02 Å². The predicted octanol–water partition coefficient (Wildman–Crippen LogP) is 2.83. The summed E-state index contributed by atoms with van der Waals surface area (Å²) in [5.41, 5.74) is 1.53. The van der Waals surface area contributed by atoms with Gasteiger partial charge in [-0.3, -0.25) is 9.48 Å². The van der Waals surface area contributed by atoms with Crippen molar-refractivity contribution >= 4 is 17.5 Å². The van der Waals surface area contributed by atoms with Crippen molar-refractivity contribution in [3.63, 3.8) is 0 Å². The Morgan fingerprint density at radius 3 is 2.79 bits per heavy atom. The minimum atomic E-state index is -0.0885. The summed E-state index contributed by atoms with van der Waals surface area (Å²) in [6.07, 6.45) is 1.74. The van der Waals surface area contributed by atoms with Crippen molar-refractivity contribution in [3.05, 3.63) is 52.8 Å². The summed E-state index contributed by atoms with van der Waals surface area (Å²) < 4.78 is 1.87. The summed E-state index contributed by atoms with van der Waals surface area (Å²) in [5.74, 6) is -0.0885. The molecule has 0 aliphatic rings. The van der Waals surface area contributed by atoms with Gasteiger partial charge in [0.05, 0.1) is 22.8 Å². The first-order chi connectivity index (χ1) is 9.13. The summed E-state index contributed by atoms with van der Waals surface area (Å²) in [4.78, 5) is 13.9. The van der Waals surface area contributed by atoms with Crippen LogP contribution < -0.4 is 0 Å². The maximum absolute atomic E-state index is 12.3. The van der Waals surface area contributed by atoms with E-state index < -0.39 is 0 Å². The number of aromatic nitrogens is 2. The number of halogens is 1. The fraction of sp³-hybridized carbons (Fsp3) is 0.286. The minimum absolute atomic E-state index is 0.0885. The van der Waals surface area contributed by atoms with E-state index in [1.54, 1.807) is 30.3 Å². The zero-order chi connectivity index (χ0) is 13.8. The van der Waals surface area contributed by atoms with Gasteiger partial charge in [0, 0.05) is 19.8 Å². The third-order valence-corrected chi connectivity index (χ3v) is 3.28. The standard InChI is InChI=1S/C14H16ClN3O/c1-3-18-11(8-9-16-18)10-17(2)14(19)12-6-4-5-7-13(12)15/h4-9H,3,10H2,1-2H3. The third-order valence-electron chi connectivity index (χ3n) is 2.95. The molecule has 0 bridgehead atoms. The van der Waals surface area contributed by atoms with Gasteiger partial charge in [0.1, 0.15) is 0 Å². The molecular weight excluding hydrogens is 262 g/mol. The molecule has 0 spiro atoms. The van der Waals surface area contributed by atoms with E-state index in [1.807, 2.05) is 29.8 Å². The molecule has 0 unspecified atom stereocenters. The predicted molar refractivity (Wildman–Crippen MR) is 75.2 cm³/mol. The van der Waals surface area contributed by atoms with E-state index in [9.17, 15) is 4.79 Å². The van der Waals surface area contributed by atoms with Crippen LogP contribution in [0.1, 0.15) is 23.0 Å². The highest BCUT2D eigenvalue weighted by atomic mass is 35.5. The van der Waals surface area contributed by atoms with E-state index in [2.05, 4.69) is 5.10 Å². The molecule has 0 saturated heterocycles. The smallest absolute Gasteiger partial charge is 0.255 e. The highest BCUT2D eigenvalue weighted by Crippen LogP contribution is 2.17. The Hall–Kier alpha value is -1.81. The van der Waals surface area contributed by atoms with Gasteiger partial charge in [-0.1, -0.05) is 23.7 Å². The largest absolute Gasteiger partial charge is 0.336 e. The summed E-state index contributed by atoms with van der Waals surface area (Å²) in [6.45, 7) is 3.32. The minimum Gasteiger partial charge on any atom is -0.336 e. The Bertz CT molecular complexity index is 580. The van der Waals surface area contributed by atoms with E-state index in [1.165, 1.54) is 0 Å². The second kappa shape index (κ2) is 5.89. The SMILES string of the molecule is CCn1nccc1CN(C)C(=O)c1ccccc1Cl. The molecule has 100 valence electrons. The molecular formula is C14H16ClN3O. The number of amides is 1. The quantitative estimate of drug-likeness (QED) is 0.862. The van der Waals surface area contributed by atoms with Gasteiger partial charge in [0.15, 0.2) is 0 Å². The second-order valence-corrected chi connectivity index (χ2v) is 4.69. The fourth-order valence-corrected chi connectivity index (χ4v) is 2.15. The number of benzene rings is 1. The lowest BCUT2D eigenvalue weighted by Gasteiger charge is -2.18. The van der Waals surface area contributed by atoms with Crippen molar-refractivity contribution in [2.75, 3.05) is 7.05 Å². The Labute approximate surface area is 117 Å². The molecule has 0 aliphatic carbocycles. The number of nitrogens with zero attached hydrogens (tertiary/aromatic N) is 3. The van der Waals surface area contributed by atoms with Gasteiger partial charge in [-0.2, -0.15) is 5.10 Å². The van der Waals surface area contributed by atoms with Gasteiger partial charge < -0.3 is 4.90 Å². The average molecular weight is 278 g/mol. The van der Waals surface area contributed by atoms with E-state index in [0.717, 1.165) is 12.2 Å². The van der Waals surface area contributed by atoms with E-state index >= 15 is 0 Å². The highest BCUT2D eigenvalue weighted by Gasteiger charge is 2.16. The third kappa shape index (κ3) is 2.96. The summed E-state index contributed by atoms with van der Waals surface area (Å²) in [7, 11) is 1.76. The molecule has 5 heteroatoms. The van der Waals surface area contributed by atoms with Crippen molar-refractivity contribution in [1.82, 2.24) is 14.7 Å². The number of rotatable bonds is 4. The molecule has 2 aromatic rings. The average Bonchev–Trinajstić information content (AvgIpc) is 2.85. The van der Waals surface area contributed by atoms with Crippen molar-refractivity contribution in [2.24, 2.45) is 0 Å². The van der Waals surface area contributed by atoms with Crippen molar-refractivity contribution in [2.45, 2.75) is 20.0 Å². The first-order valence-corrected chi connectivity index (χ1v) is 6.52. The van der Waals surface area contributed by atoms with Crippen LogP contribution >= 0.6 is 11.6 Å². The lowest BCUT2D eigenvalue weighted by molar-refractivity contribution is 0.0781. The van der Waals surface area contributed by atoms with Crippen LogP contribution in [-0.2, 0) is 13.1 Å². The molecule has 0 aliphatic heterocycles. The summed E-state index contributed by atoms with van der Waals surface area (Å²) in [6, 6.07) is 8.99. The molecule has 0 fully saturated rings. The van der Waals surface area contributed by atoms with Crippen molar-refractivity contribution in [3.8, 4) is 0 Å². The molecule has 1 aromatic heterocycles. The van der Waals surface area contributed by atoms with Gasteiger partial charge in [0.2, 0.25) is 0 Å². The van der Waals surface area contributed by atoms with E-state index in [-0.39, 0.29) is 5.91 Å². The van der Waals surface area contributed by atoms with E-state index in [4.69, 9.17) is 11.6 Å². The summed E-state index contributed by atoms with van der Waals surface area (Å²) >= 11 is 6.04. The van der Waals surface area contributed by atoms with Gasteiger partial charge in [-0.15, -0.1) is 0 Å². The molecule has 19 heavy (non-hydrogen) atoms. The lowest BCUT2D eigenvalue weighted by atomic mass is 10.2. The van der Waals surface area contributed by atoms with Crippen LogP contribution in [0.5, 0.6) is 0 Å².